The first kappa shape index (κ1) is 18.6. The van der Waals surface area contributed by atoms with Crippen molar-refractivity contribution in [2.45, 2.75) is 25.8 Å². The lowest BCUT2D eigenvalue weighted by Gasteiger charge is -2.35. The number of hydrogen-bond acceptors (Lipinski definition) is 2. The molecule has 21 heavy (non-hydrogen) atoms. The van der Waals surface area contributed by atoms with E-state index >= 15 is 0 Å². The summed E-state index contributed by atoms with van der Waals surface area (Å²) in [7, 11) is 0. The van der Waals surface area contributed by atoms with E-state index in [0.717, 1.165) is 39.0 Å². The van der Waals surface area contributed by atoms with Crippen LogP contribution >= 0.6 is 24.8 Å². The van der Waals surface area contributed by atoms with Gasteiger partial charge in [-0.25, -0.2) is 8.78 Å². The fraction of sp³-hybridized carbons (Fsp3) is 0.600. The van der Waals surface area contributed by atoms with Crippen LogP contribution in [-0.2, 0) is 0 Å². The number of benzene rings is 1. The first-order valence-corrected chi connectivity index (χ1v) is 7.07. The summed E-state index contributed by atoms with van der Waals surface area (Å²) in [4.78, 5) is 2.31. The Morgan fingerprint density at radius 1 is 1.10 bits per heavy atom. The van der Waals surface area contributed by atoms with Gasteiger partial charge >= 0.3 is 0 Å². The maximum Gasteiger partial charge on any atom is 0.163 e. The molecule has 1 saturated carbocycles. The Kier molecular flexibility index (Phi) is 6.85. The van der Waals surface area contributed by atoms with E-state index in [-0.39, 0.29) is 30.9 Å². The third-order valence-corrected chi connectivity index (χ3v) is 4.24. The minimum Gasteiger partial charge on any atom is -0.314 e. The van der Waals surface area contributed by atoms with Gasteiger partial charge in [-0.3, -0.25) is 4.90 Å². The van der Waals surface area contributed by atoms with Gasteiger partial charge in [0.2, 0.25) is 0 Å². The number of aryl methyl sites for hydroxylation is 1. The van der Waals surface area contributed by atoms with Gasteiger partial charge in [-0.15, -0.1) is 24.8 Å². The summed E-state index contributed by atoms with van der Waals surface area (Å²) in [6.07, 6.45) is 2.26. The minimum atomic E-state index is -0.682. The molecule has 1 atom stereocenters. The van der Waals surface area contributed by atoms with Gasteiger partial charge in [-0.1, -0.05) is 12.1 Å². The molecule has 0 unspecified atom stereocenters. The molecule has 0 spiro atoms. The maximum absolute atomic E-state index is 14.2. The molecular formula is C15H22Cl2F2N2. The second-order valence-electron chi connectivity index (χ2n) is 5.67. The van der Waals surface area contributed by atoms with Gasteiger partial charge in [0.05, 0.1) is 0 Å². The SMILES string of the molecule is Cc1ccc([C@@H](C2CC2)N2CCNCC2)c(F)c1F.Cl.Cl. The summed E-state index contributed by atoms with van der Waals surface area (Å²) in [5.41, 5.74) is 0.934. The van der Waals surface area contributed by atoms with E-state index in [1.54, 1.807) is 19.1 Å². The largest absolute Gasteiger partial charge is 0.314 e. The molecule has 1 aliphatic carbocycles. The highest BCUT2D eigenvalue weighted by molar-refractivity contribution is 5.85. The van der Waals surface area contributed by atoms with Crippen LogP contribution in [0, 0.1) is 24.5 Å². The lowest BCUT2D eigenvalue weighted by Crippen LogP contribution is -2.46. The predicted octanol–water partition coefficient (Wildman–Crippen LogP) is 3.47. The molecule has 6 heteroatoms. The third kappa shape index (κ3) is 3.86. The zero-order valence-corrected chi connectivity index (χ0v) is 13.7. The summed E-state index contributed by atoms with van der Waals surface area (Å²) in [6, 6.07) is 3.53. The second-order valence-corrected chi connectivity index (χ2v) is 5.67. The van der Waals surface area contributed by atoms with E-state index in [9.17, 15) is 8.78 Å². The van der Waals surface area contributed by atoms with Gasteiger partial charge in [0.25, 0.3) is 0 Å². The number of nitrogens with one attached hydrogen (secondary N) is 1. The highest BCUT2D eigenvalue weighted by Crippen LogP contribution is 2.45. The fourth-order valence-corrected chi connectivity index (χ4v) is 3.01. The number of piperazine rings is 1. The minimum absolute atomic E-state index is 0. The molecule has 0 bridgehead atoms. The van der Waals surface area contributed by atoms with Gasteiger partial charge < -0.3 is 5.32 Å². The third-order valence-electron chi connectivity index (χ3n) is 4.24. The van der Waals surface area contributed by atoms with Crippen LogP contribution in [0.4, 0.5) is 8.78 Å². The molecule has 2 fully saturated rings. The molecule has 1 saturated heterocycles. The molecule has 1 N–H and O–H groups in total. The van der Waals surface area contributed by atoms with Crippen LogP contribution in [0.2, 0.25) is 0 Å². The van der Waals surface area contributed by atoms with Crippen molar-refractivity contribution in [1.82, 2.24) is 10.2 Å². The van der Waals surface area contributed by atoms with Crippen LogP contribution in [0.5, 0.6) is 0 Å². The normalized spacial score (nSPS) is 20.3. The van der Waals surface area contributed by atoms with Crippen LogP contribution in [-0.4, -0.2) is 31.1 Å². The van der Waals surface area contributed by atoms with Crippen LogP contribution in [0.1, 0.15) is 30.0 Å². The summed E-state index contributed by atoms with van der Waals surface area (Å²) in [6.45, 7) is 5.30. The molecule has 1 aromatic carbocycles. The molecule has 2 aliphatic rings. The zero-order valence-electron chi connectivity index (χ0n) is 12.1. The van der Waals surface area contributed by atoms with Crippen LogP contribution < -0.4 is 5.32 Å². The molecular weight excluding hydrogens is 317 g/mol. The molecule has 2 nitrogen and oxygen atoms in total. The van der Waals surface area contributed by atoms with Crippen molar-refractivity contribution in [2.75, 3.05) is 26.2 Å². The maximum atomic E-state index is 14.2. The van der Waals surface area contributed by atoms with E-state index < -0.39 is 11.6 Å². The van der Waals surface area contributed by atoms with E-state index in [1.165, 1.54) is 0 Å². The Hall–Kier alpha value is -0.420. The molecule has 1 heterocycles. The quantitative estimate of drug-likeness (QED) is 0.907. The van der Waals surface area contributed by atoms with Crippen molar-refractivity contribution in [3.8, 4) is 0 Å². The van der Waals surface area contributed by atoms with Crippen molar-refractivity contribution in [2.24, 2.45) is 5.92 Å². The van der Waals surface area contributed by atoms with E-state index in [2.05, 4.69) is 10.2 Å². The Morgan fingerprint density at radius 2 is 1.71 bits per heavy atom. The predicted molar refractivity (Wildman–Crippen MR) is 85.5 cm³/mol. The van der Waals surface area contributed by atoms with E-state index in [4.69, 9.17) is 0 Å². The van der Waals surface area contributed by atoms with Gasteiger partial charge in [0, 0.05) is 37.8 Å². The fourth-order valence-electron chi connectivity index (χ4n) is 3.01. The summed E-state index contributed by atoms with van der Waals surface area (Å²) in [5, 5.41) is 3.31. The lowest BCUT2D eigenvalue weighted by molar-refractivity contribution is 0.152. The summed E-state index contributed by atoms with van der Waals surface area (Å²) >= 11 is 0. The Balaban J connectivity index is 0.00000110. The number of halogens is 4. The first-order valence-electron chi connectivity index (χ1n) is 7.07. The van der Waals surface area contributed by atoms with Crippen molar-refractivity contribution in [3.63, 3.8) is 0 Å². The van der Waals surface area contributed by atoms with Crippen molar-refractivity contribution >= 4 is 24.8 Å². The highest BCUT2D eigenvalue weighted by atomic mass is 35.5. The van der Waals surface area contributed by atoms with E-state index in [0.29, 0.717) is 17.0 Å². The zero-order chi connectivity index (χ0) is 13.4. The molecule has 0 amide bonds. The van der Waals surface area contributed by atoms with Crippen molar-refractivity contribution in [3.05, 3.63) is 34.9 Å². The number of hydrogen-bond donors (Lipinski definition) is 1. The topological polar surface area (TPSA) is 15.3 Å². The molecule has 0 aromatic heterocycles. The Bertz CT molecular complexity index is 475. The standard InChI is InChI=1S/C15H20F2N2.2ClH/c1-10-2-5-12(14(17)13(10)16)15(11-3-4-11)19-8-6-18-7-9-19;;/h2,5,11,15,18H,3-4,6-9H2,1H3;2*1H/t15-;;/m1../s1. The average Bonchev–Trinajstić information content (AvgIpc) is 3.25. The average molecular weight is 339 g/mol. The molecule has 1 aromatic rings. The molecule has 0 radical (unpaired) electrons. The lowest BCUT2D eigenvalue weighted by atomic mass is 9.97. The van der Waals surface area contributed by atoms with Crippen LogP contribution in [0.3, 0.4) is 0 Å². The smallest absolute Gasteiger partial charge is 0.163 e. The molecule has 120 valence electrons. The monoisotopic (exact) mass is 338 g/mol. The van der Waals surface area contributed by atoms with E-state index in [1.807, 2.05) is 0 Å². The second kappa shape index (κ2) is 7.73. The van der Waals surface area contributed by atoms with Gasteiger partial charge in [-0.2, -0.15) is 0 Å². The Labute approximate surface area is 137 Å². The van der Waals surface area contributed by atoms with Crippen LogP contribution in [0.15, 0.2) is 12.1 Å². The Morgan fingerprint density at radius 3 is 2.29 bits per heavy atom. The van der Waals surface area contributed by atoms with Gasteiger partial charge in [0.1, 0.15) is 0 Å². The molecule has 1 aliphatic heterocycles. The van der Waals surface area contributed by atoms with Gasteiger partial charge in [0.15, 0.2) is 11.6 Å². The highest BCUT2D eigenvalue weighted by Gasteiger charge is 2.38. The van der Waals surface area contributed by atoms with Crippen LogP contribution in [0.25, 0.3) is 0 Å². The first-order chi connectivity index (χ1) is 9.18. The van der Waals surface area contributed by atoms with Crippen molar-refractivity contribution in [1.29, 1.82) is 0 Å². The summed E-state index contributed by atoms with van der Waals surface area (Å²) in [5.74, 6) is -0.830. The number of nitrogens with zero attached hydrogens (tertiary/aromatic N) is 1. The number of rotatable bonds is 3. The summed E-state index contributed by atoms with van der Waals surface area (Å²) < 4.78 is 28.0. The molecule has 3 rings (SSSR count). The van der Waals surface area contributed by atoms with Crippen molar-refractivity contribution < 1.29 is 8.78 Å². The van der Waals surface area contributed by atoms with Gasteiger partial charge in [-0.05, 0) is 31.2 Å².